The van der Waals surface area contributed by atoms with Gasteiger partial charge in [-0.15, -0.1) is 0 Å². The number of amides is 1. The summed E-state index contributed by atoms with van der Waals surface area (Å²) in [6.07, 6.45) is 6.88. The summed E-state index contributed by atoms with van der Waals surface area (Å²) in [5.74, 6) is -1.66. The first kappa shape index (κ1) is 38.4. The van der Waals surface area contributed by atoms with Crippen LogP contribution in [0.25, 0.3) is 0 Å². The molecule has 282 valence electrons. The van der Waals surface area contributed by atoms with Crippen molar-refractivity contribution < 1.29 is 36.5 Å². The fourth-order valence-electron chi connectivity index (χ4n) is 8.19. The topological polar surface area (TPSA) is 115 Å². The molecular weight excluding hydrogens is 700 g/mol. The standard InChI is InChI=1S/C38H52ClF2N3O6S/c1-24(25(2)51(46)47)6-5-8-33(37-49-20-31(21-50-37)44-22-38(40,41)23-44)32-13-10-28(32)18-43-15-4-3-7-26-16-30(39)12-9-29(26)19-48-35-14-11-27(36(42)45)17-34(35)43/h9,11-12,14,16-17,24-25,28,31-33,37H,3-8,10,13,15,18-23H2,1-2H3,(H2,42,45)(H,46,47)/t24-,25+,28-,31?,32+,33-,37?/m0/s1. The number of carbonyl (C=O) groups excluding carboxylic acids is 1. The Labute approximate surface area is 307 Å². The van der Waals surface area contributed by atoms with E-state index in [2.05, 4.69) is 4.90 Å². The minimum Gasteiger partial charge on any atom is -0.487 e. The van der Waals surface area contributed by atoms with Crippen LogP contribution in [0.15, 0.2) is 36.4 Å². The fraction of sp³-hybridized carbons (Fsp3) is 0.658. The van der Waals surface area contributed by atoms with Crippen LogP contribution in [0, 0.1) is 23.7 Å². The second kappa shape index (κ2) is 16.8. The van der Waals surface area contributed by atoms with Crippen LogP contribution in [0.3, 0.4) is 0 Å². The number of fused-ring (bicyclic) bond motifs is 2. The number of carbonyl (C=O) groups is 1. The number of hydrogen-bond acceptors (Lipinski definition) is 7. The van der Waals surface area contributed by atoms with E-state index in [0.717, 1.165) is 75.7 Å². The van der Waals surface area contributed by atoms with Crippen LogP contribution in [0.1, 0.15) is 80.3 Å². The van der Waals surface area contributed by atoms with Gasteiger partial charge in [0.15, 0.2) is 17.4 Å². The highest BCUT2D eigenvalue weighted by Gasteiger charge is 2.49. The lowest BCUT2D eigenvalue weighted by Gasteiger charge is -2.50. The molecule has 3 fully saturated rings. The molecule has 3 heterocycles. The van der Waals surface area contributed by atoms with Crippen molar-refractivity contribution in [3.63, 3.8) is 0 Å². The van der Waals surface area contributed by atoms with Gasteiger partial charge in [0.2, 0.25) is 5.91 Å². The van der Waals surface area contributed by atoms with Gasteiger partial charge in [-0.05, 0) is 111 Å². The number of rotatable bonds is 12. The van der Waals surface area contributed by atoms with Crippen molar-refractivity contribution in [2.75, 3.05) is 44.3 Å². The molecule has 6 rings (SSSR count). The third-order valence-electron chi connectivity index (χ3n) is 11.7. The lowest BCUT2D eigenvalue weighted by atomic mass is 9.65. The highest BCUT2D eigenvalue weighted by molar-refractivity contribution is 7.79. The first-order valence-corrected chi connectivity index (χ1v) is 20.0. The Balaban J connectivity index is 1.19. The summed E-state index contributed by atoms with van der Waals surface area (Å²) in [6.45, 7) is 5.92. The van der Waals surface area contributed by atoms with Gasteiger partial charge < -0.3 is 29.4 Å². The van der Waals surface area contributed by atoms with Crippen LogP contribution in [0.2, 0.25) is 5.02 Å². The molecule has 4 aliphatic rings. The predicted octanol–water partition coefficient (Wildman–Crippen LogP) is 6.91. The second-order valence-corrected chi connectivity index (χ2v) is 16.9. The van der Waals surface area contributed by atoms with Gasteiger partial charge in [0.1, 0.15) is 12.4 Å². The van der Waals surface area contributed by atoms with Gasteiger partial charge in [-0.25, -0.2) is 13.0 Å². The van der Waals surface area contributed by atoms with Gasteiger partial charge in [0.25, 0.3) is 5.92 Å². The van der Waals surface area contributed by atoms with Crippen molar-refractivity contribution in [3.8, 4) is 5.75 Å². The molecule has 13 heteroatoms. The molecule has 3 aliphatic heterocycles. The minimum absolute atomic E-state index is 0.0792. The van der Waals surface area contributed by atoms with E-state index in [4.69, 9.17) is 31.5 Å². The summed E-state index contributed by atoms with van der Waals surface area (Å²) in [6, 6.07) is 11.1. The zero-order valence-electron chi connectivity index (χ0n) is 29.6. The van der Waals surface area contributed by atoms with E-state index in [0.29, 0.717) is 48.0 Å². The van der Waals surface area contributed by atoms with Crippen LogP contribution in [0.5, 0.6) is 5.75 Å². The maximum Gasteiger partial charge on any atom is 0.272 e. The lowest BCUT2D eigenvalue weighted by Crippen LogP contribution is -2.63. The molecule has 2 saturated heterocycles. The summed E-state index contributed by atoms with van der Waals surface area (Å²) >= 11 is 4.48. The van der Waals surface area contributed by atoms with Gasteiger partial charge in [0, 0.05) is 29.6 Å². The Morgan fingerprint density at radius 1 is 1.08 bits per heavy atom. The Kier molecular flexibility index (Phi) is 12.6. The summed E-state index contributed by atoms with van der Waals surface area (Å²) < 4.78 is 67.7. The van der Waals surface area contributed by atoms with E-state index < -0.39 is 29.2 Å². The minimum atomic E-state index is -2.65. The smallest absolute Gasteiger partial charge is 0.272 e. The maximum atomic E-state index is 13.6. The van der Waals surface area contributed by atoms with E-state index in [1.54, 1.807) is 11.0 Å². The summed E-state index contributed by atoms with van der Waals surface area (Å²) in [5, 5.41) is 0.387. The SMILES string of the molecule is C[C@H]([C@@H](C)CCC[C@H](C1OCC(N2CC(F)(F)C2)CO1)[C@@H]1CC[C@H]1CN1CCCCc2cc(Cl)ccc2COc2ccc(C(N)=O)cc21)S(=O)O. The number of aryl methyl sites for hydroxylation is 1. The Morgan fingerprint density at radius 3 is 2.51 bits per heavy atom. The molecule has 1 saturated carbocycles. The van der Waals surface area contributed by atoms with Crippen LogP contribution < -0.4 is 15.4 Å². The van der Waals surface area contributed by atoms with Crippen LogP contribution in [-0.2, 0) is 33.6 Å². The van der Waals surface area contributed by atoms with Gasteiger partial charge in [-0.3, -0.25) is 9.69 Å². The fourth-order valence-corrected chi connectivity index (χ4v) is 8.92. The van der Waals surface area contributed by atoms with Gasteiger partial charge in [0.05, 0.1) is 43.3 Å². The molecule has 0 bridgehead atoms. The number of primary amides is 1. The molecule has 3 N–H and O–H groups in total. The number of hydrogen-bond donors (Lipinski definition) is 2. The molecule has 2 aromatic carbocycles. The Bertz CT molecular complexity index is 1540. The number of anilines is 1. The molecule has 0 spiro atoms. The van der Waals surface area contributed by atoms with E-state index in [9.17, 15) is 22.3 Å². The number of halogens is 3. The molecule has 0 radical (unpaired) electrons. The van der Waals surface area contributed by atoms with Crippen molar-refractivity contribution in [3.05, 3.63) is 58.1 Å². The van der Waals surface area contributed by atoms with Gasteiger partial charge in [-0.1, -0.05) is 31.0 Å². The summed E-state index contributed by atoms with van der Waals surface area (Å²) in [7, 11) is 0. The Morgan fingerprint density at radius 2 is 1.84 bits per heavy atom. The normalized spacial score (nSPS) is 27.6. The number of nitrogens with two attached hydrogens (primary N) is 1. The summed E-state index contributed by atoms with van der Waals surface area (Å²) in [4.78, 5) is 16.4. The van der Waals surface area contributed by atoms with Gasteiger partial charge >= 0.3 is 0 Å². The quantitative estimate of drug-likeness (QED) is 0.225. The average Bonchev–Trinajstić information content (AvgIpc) is 3.11. The maximum absolute atomic E-state index is 13.6. The van der Waals surface area contributed by atoms with Crippen molar-refractivity contribution in [1.82, 2.24) is 4.90 Å². The van der Waals surface area contributed by atoms with Crippen LogP contribution in [-0.4, -0.2) is 82.5 Å². The number of likely N-dealkylation sites (tertiary alicyclic amines) is 1. The number of ether oxygens (including phenoxy) is 3. The lowest BCUT2D eigenvalue weighted by molar-refractivity contribution is -0.260. The number of nitrogens with zero attached hydrogens (tertiary/aromatic N) is 2. The van der Waals surface area contributed by atoms with Crippen molar-refractivity contribution in [2.45, 2.75) is 95.3 Å². The molecular formula is C38H52ClF2N3O6S. The third kappa shape index (κ3) is 9.42. The molecule has 1 aliphatic carbocycles. The molecule has 1 amide bonds. The Hall–Kier alpha value is -2.35. The van der Waals surface area contributed by atoms with E-state index in [1.165, 1.54) is 5.56 Å². The van der Waals surface area contributed by atoms with Crippen molar-refractivity contribution in [1.29, 1.82) is 0 Å². The first-order chi connectivity index (χ1) is 24.4. The first-order valence-electron chi connectivity index (χ1n) is 18.4. The number of benzene rings is 2. The van der Waals surface area contributed by atoms with E-state index in [1.807, 2.05) is 44.2 Å². The van der Waals surface area contributed by atoms with E-state index >= 15 is 0 Å². The molecule has 6 atom stereocenters. The molecule has 0 aromatic heterocycles. The van der Waals surface area contributed by atoms with Crippen LogP contribution >= 0.6 is 11.6 Å². The van der Waals surface area contributed by atoms with Crippen molar-refractivity contribution in [2.24, 2.45) is 29.4 Å². The van der Waals surface area contributed by atoms with Gasteiger partial charge in [-0.2, -0.15) is 0 Å². The zero-order valence-corrected chi connectivity index (χ0v) is 31.2. The molecule has 2 aromatic rings. The molecule has 51 heavy (non-hydrogen) atoms. The predicted molar refractivity (Wildman–Crippen MR) is 195 cm³/mol. The van der Waals surface area contributed by atoms with Crippen LogP contribution in [0.4, 0.5) is 14.5 Å². The zero-order chi connectivity index (χ0) is 36.3. The monoisotopic (exact) mass is 751 g/mol. The average molecular weight is 752 g/mol. The third-order valence-corrected chi connectivity index (χ3v) is 13.0. The van der Waals surface area contributed by atoms with E-state index in [-0.39, 0.29) is 36.2 Å². The summed E-state index contributed by atoms with van der Waals surface area (Å²) in [5.41, 5.74) is 9.30. The molecule has 9 nitrogen and oxygen atoms in total. The molecule has 1 unspecified atom stereocenters. The number of alkyl halides is 2. The highest BCUT2D eigenvalue weighted by Crippen LogP contribution is 2.46. The highest BCUT2D eigenvalue weighted by atomic mass is 35.5. The van der Waals surface area contributed by atoms with Crippen molar-refractivity contribution >= 4 is 34.3 Å². The largest absolute Gasteiger partial charge is 0.487 e. The second-order valence-electron chi connectivity index (χ2n) is 15.2.